The molecule has 20 heavy (non-hydrogen) atoms. The minimum atomic E-state index is -0.302. The lowest BCUT2D eigenvalue weighted by molar-refractivity contribution is -0.135. The molecule has 0 saturated heterocycles. The van der Waals surface area contributed by atoms with Crippen LogP contribution in [0.1, 0.15) is 32.3 Å². The van der Waals surface area contributed by atoms with Gasteiger partial charge in [-0.1, -0.05) is 32.0 Å². The molecule has 1 unspecified atom stereocenters. The quantitative estimate of drug-likeness (QED) is 0.899. The second-order valence-corrected chi connectivity index (χ2v) is 6.85. The van der Waals surface area contributed by atoms with Gasteiger partial charge >= 0.3 is 0 Å². The molecule has 3 heteroatoms. The highest BCUT2D eigenvalue weighted by Crippen LogP contribution is 2.47. The third-order valence-electron chi connectivity index (χ3n) is 4.91. The van der Waals surface area contributed by atoms with E-state index >= 15 is 0 Å². The van der Waals surface area contributed by atoms with Crippen LogP contribution in [-0.2, 0) is 11.2 Å². The predicted octanol–water partition coefficient (Wildman–Crippen LogP) is 2.59. The molecule has 0 spiro atoms. The van der Waals surface area contributed by atoms with Crippen LogP contribution in [0.3, 0.4) is 0 Å². The Bertz CT molecular complexity index is 519. The molecule has 0 radical (unpaired) electrons. The van der Waals surface area contributed by atoms with Crippen LogP contribution in [0.2, 0.25) is 0 Å². The summed E-state index contributed by atoms with van der Waals surface area (Å²) in [5.74, 6) is 1.39. The molecular formula is C17H24N2O. The van der Waals surface area contributed by atoms with Gasteiger partial charge in [-0.2, -0.15) is 0 Å². The third kappa shape index (κ3) is 2.05. The zero-order chi connectivity index (χ0) is 14.3. The fraction of sp³-hybridized carbons (Fsp3) is 0.588. The van der Waals surface area contributed by atoms with Gasteiger partial charge in [-0.25, -0.2) is 0 Å². The number of hydrogen-bond donors (Lipinski definition) is 1. The molecule has 1 amide bonds. The van der Waals surface area contributed by atoms with Crippen molar-refractivity contribution in [2.24, 2.45) is 23.0 Å². The van der Waals surface area contributed by atoms with E-state index < -0.39 is 0 Å². The van der Waals surface area contributed by atoms with Gasteiger partial charge in [0, 0.05) is 18.8 Å². The number of para-hydroxylation sites is 1. The summed E-state index contributed by atoms with van der Waals surface area (Å²) >= 11 is 0. The summed E-state index contributed by atoms with van der Waals surface area (Å²) in [4.78, 5) is 15.0. The summed E-state index contributed by atoms with van der Waals surface area (Å²) in [5, 5.41) is 0. The van der Waals surface area contributed by atoms with Gasteiger partial charge in [-0.15, -0.1) is 0 Å². The molecule has 108 valence electrons. The lowest BCUT2D eigenvalue weighted by Crippen LogP contribution is -2.56. The Morgan fingerprint density at radius 1 is 1.30 bits per heavy atom. The van der Waals surface area contributed by atoms with Crippen molar-refractivity contribution in [2.45, 2.75) is 33.1 Å². The van der Waals surface area contributed by atoms with Crippen LogP contribution >= 0.6 is 0 Å². The molecule has 2 aliphatic rings. The van der Waals surface area contributed by atoms with Crippen LogP contribution in [0.15, 0.2) is 24.3 Å². The Morgan fingerprint density at radius 2 is 2.00 bits per heavy atom. The van der Waals surface area contributed by atoms with Crippen molar-refractivity contribution in [3.8, 4) is 0 Å². The maximum absolute atomic E-state index is 13.0. The molecule has 2 N–H and O–H groups in total. The number of nitrogens with two attached hydrogens (primary N) is 1. The lowest BCUT2D eigenvalue weighted by Gasteiger charge is -2.48. The monoisotopic (exact) mass is 272 g/mol. The Balaban J connectivity index is 1.92. The Labute approximate surface area is 121 Å². The first-order valence-electron chi connectivity index (χ1n) is 7.66. The van der Waals surface area contributed by atoms with E-state index in [1.165, 1.54) is 5.56 Å². The van der Waals surface area contributed by atoms with Gasteiger partial charge in [-0.05, 0) is 42.7 Å². The van der Waals surface area contributed by atoms with Crippen LogP contribution in [0, 0.1) is 17.3 Å². The number of amides is 1. The van der Waals surface area contributed by atoms with Crippen molar-refractivity contribution >= 4 is 11.6 Å². The molecule has 1 heterocycles. The predicted molar refractivity (Wildman–Crippen MR) is 81.5 cm³/mol. The number of nitrogens with zero attached hydrogens (tertiary/aromatic N) is 1. The van der Waals surface area contributed by atoms with E-state index in [0.717, 1.165) is 31.5 Å². The van der Waals surface area contributed by atoms with Crippen molar-refractivity contribution in [1.82, 2.24) is 0 Å². The van der Waals surface area contributed by atoms with Gasteiger partial charge in [-0.3, -0.25) is 4.79 Å². The molecule has 1 aliphatic carbocycles. The molecule has 1 aromatic carbocycles. The highest BCUT2D eigenvalue weighted by molar-refractivity contribution is 5.99. The van der Waals surface area contributed by atoms with Crippen molar-refractivity contribution in [3.05, 3.63) is 29.8 Å². The average molecular weight is 272 g/mol. The SMILES string of the molecule is CC1Cc2ccccc2N(C(=O)C2(CN)CC(C)C2)C1. The van der Waals surface area contributed by atoms with Gasteiger partial charge in [0.1, 0.15) is 0 Å². The highest BCUT2D eigenvalue weighted by atomic mass is 16.2. The van der Waals surface area contributed by atoms with Crippen molar-refractivity contribution in [2.75, 3.05) is 18.0 Å². The molecule has 1 fully saturated rings. The van der Waals surface area contributed by atoms with E-state index in [1.54, 1.807) is 0 Å². The Morgan fingerprint density at radius 3 is 2.65 bits per heavy atom. The topological polar surface area (TPSA) is 46.3 Å². The summed E-state index contributed by atoms with van der Waals surface area (Å²) < 4.78 is 0. The number of benzene rings is 1. The van der Waals surface area contributed by atoms with Gasteiger partial charge in [0.2, 0.25) is 5.91 Å². The number of rotatable bonds is 2. The molecule has 1 saturated carbocycles. The molecule has 1 atom stereocenters. The molecular weight excluding hydrogens is 248 g/mol. The lowest BCUT2D eigenvalue weighted by atomic mass is 9.61. The zero-order valence-electron chi connectivity index (χ0n) is 12.4. The fourth-order valence-electron chi connectivity index (χ4n) is 3.98. The normalized spacial score (nSPS) is 32.5. The van der Waals surface area contributed by atoms with Crippen LogP contribution in [0.25, 0.3) is 0 Å². The minimum Gasteiger partial charge on any atom is -0.329 e. The third-order valence-corrected chi connectivity index (χ3v) is 4.91. The van der Waals surface area contributed by atoms with E-state index in [9.17, 15) is 4.79 Å². The fourth-order valence-corrected chi connectivity index (χ4v) is 3.98. The highest BCUT2D eigenvalue weighted by Gasteiger charge is 2.49. The summed E-state index contributed by atoms with van der Waals surface area (Å²) in [7, 11) is 0. The van der Waals surface area contributed by atoms with E-state index in [2.05, 4.69) is 32.0 Å². The summed E-state index contributed by atoms with van der Waals surface area (Å²) in [6.07, 6.45) is 2.94. The van der Waals surface area contributed by atoms with Gasteiger partial charge < -0.3 is 10.6 Å². The number of carbonyl (C=O) groups is 1. The van der Waals surface area contributed by atoms with Crippen LogP contribution in [-0.4, -0.2) is 19.0 Å². The number of anilines is 1. The molecule has 1 aliphatic heterocycles. The molecule has 1 aromatic rings. The van der Waals surface area contributed by atoms with Gasteiger partial charge in [0.05, 0.1) is 5.41 Å². The first-order chi connectivity index (χ1) is 9.55. The maximum Gasteiger partial charge on any atom is 0.234 e. The van der Waals surface area contributed by atoms with E-state index in [4.69, 9.17) is 5.73 Å². The van der Waals surface area contributed by atoms with Crippen LogP contribution < -0.4 is 10.6 Å². The zero-order valence-corrected chi connectivity index (χ0v) is 12.4. The molecule has 3 rings (SSSR count). The van der Waals surface area contributed by atoms with E-state index in [0.29, 0.717) is 18.4 Å². The number of fused-ring (bicyclic) bond motifs is 1. The molecule has 0 bridgehead atoms. The first-order valence-corrected chi connectivity index (χ1v) is 7.66. The maximum atomic E-state index is 13.0. The number of carbonyl (C=O) groups excluding carboxylic acids is 1. The second-order valence-electron chi connectivity index (χ2n) is 6.85. The summed E-state index contributed by atoms with van der Waals surface area (Å²) in [5.41, 5.74) is 8.03. The summed E-state index contributed by atoms with van der Waals surface area (Å²) in [6.45, 7) is 5.72. The summed E-state index contributed by atoms with van der Waals surface area (Å²) in [6, 6.07) is 8.30. The number of hydrogen-bond acceptors (Lipinski definition) is 2. The standard InChI is InChI=1S/C17H24N2O/c1-12-7-14-5-3-4-6-15(14)19(10-12)16(20)17(11-18)8-13(2)9-17/h3-6,12-13H,7-11,18H2,1-2H3. The molecule has 3 nitrogen and oxygen atoms in total. The first kappa shape index (κ1) is 13.6. The Kier molecular flexibility index (Phi) is 3.33. The van der Waals surface area contributed by atoms with E-state index in [-0.39, 0.29) is 11.3 Å². The van der Waals surface area contributed by atoms with E-state index in [1.807, 2.05) is 11.0 Å². The Hall–Kier alpha value is -1.35. The smallest absolute Gasteiger partial charge is 0.234 e. The minimum absolute atomic E-state index is 0.247. The second kappa shape index (κ2) is 4.88. The van der Waals surface area contributed by atoms with Crippen LogP contribution in [0.5, 0.6) is 0 Å². The average Bonchev–Trinajstić information content (AvgIpc) is 2.42. The van der Waals surface area contributed by atoms with Crippen molar-refractivity contribution in [3.63, 3.8) is 0 Å². The molecule has 0 aromatic heterocycles. The van der Waals surface area contributed by atoms with Gasteiger partial charge in [0.25, 0.3) is 0 Å². The van der Waals surface area contributed by atoms with Crippen molar-refractivity contribution < 1.29 is 4.79 Å². The van der Waals surface area contributed by atoms with Gasteiger partial charge in [0.15, 0.2) is 0 Å². The largest absolute Gasteiger partial charge is 0.329 e. The van der Waals surface area contributed by atoms with Crippen LogP contribution in [0.4, 0.5) is 5.69 Å². The van der Waals surface area contributed by atoms with Crippen molar-refractivity contribution in [1.29, 1.82) is 0 Å².